The Hall–Kier alpha value is -0.520. The lowest BCUT2D eigenvalue weighted by molar-refractivity contribution is 1.48. The smallest absolute Gasteiger partial charge is 0.0401 e. The zero-order valence-corrected chi connectivity index (χ0v) is 4.23. The molecule has 33 valence electrons. The number of allylic oxidation sites excluding steroid dienone is 3. The summed E-state index contributed by atoms with van der Waals surface area (Å²) in [5, 5.41) is 0. The van der Waals surface area contributed by atoms with Gasteiger partial charge in [-0.3, -0.25) is 0 Å². The average Bonchev–Trinajstić information content (AvgIpc) is 1.65. The molecule has 0 aliphatic heterocycles. The molecule has 0 aliphatic carbocycles. The minimum atomic E-state index is 1.12. The standard InChI is InChI=1S/C6H9/c1-4-6(3)5-2/h1,4-5H,2-3H3/b4-1?,6-5+. The van der Waals surface area contributed by atoms with Gasteiger partial charge in [0, 0.05) is 0 Å². The summed E-state index contributed by atoms with van der Waals surface area (Å²) in [7, 11) is 0. The predicted octanol–water partition coefficient (Wildman–Crippen LogP) is 1.94. The molecule has 0 aromatic rings. The Labute approximate surface area is 39.2 Å². The first kappa shape index (κ1) is 5.48. The fraction of sp³-hybridized carbons (Fsp3) is 0.333. The van der Waals surface area contributed by atoms with Crippen LogP contribution in [0.3, 0.4) is 0 Å². The summed E-state index contributed by atoms with van der Waals surface area (Å²) < 4.78 is 0. The van der Waals surface area contributed by atoms with E-state index >= 15 is 0 Å². The normalized spacial score (nSPS) is 11.3. The van der Waals surface area contributed by atoms with Gasteiger partial charge in [0.05, 0.1) is 0 Å². The van der Waals surface area contributed by atoms with Crippen LogP contribution in [-0.2, 0) is 0 Å². The van der Waals surface area contributed by atoms with E-state index < -0.39 is 0 Å². The monoisotopic (exact) mass is 81.1 g/mol. The van der Waals surface area contributed by atoms with Crippen molar-refractivity contribution >= 4 is 0 Å². The molecule has 0 aromatic carbocycles. The van der Waals surface area contributed by atoms with Crippen molar-refractivity contribution in [3.63, 3.8) is 0 Å². The Morgan fingerprint density at radius 3 is 2.17 bits per heavy atom. The van der Waals surface area contributed by atoms with Crippen LogP contribution < -0.4 is 0 Å². The topological polar surface area (TPSA) is 0 Å². The van der Waals surface area contributed by atoms with Crippen LogP contribution in [0.1, 0.15) is 13.8 Å². The quantitative estimate of drug-likeness (QED) is 0.423. The van der Waals surface area contributed by atoms with Crippen molar-refractivity contribution in [3.8, 4) is 0 Å². The molecule has 0 atom stereocenters. The van der Waals surface area contributed by atoms with Crippen molar-refractivity contribution in [3.05, 3.63) is 24.3 Å². The largest absolute Gasteiger partial charge is 0.0847 e. The molecule has 0 aromatic heterocycles. The fourth-order valence-corrected chi connectivity index (χ4v) is 0.0962. The van der Waals surface area contributed by atoms with E-state index in [1.54, 1.807) is 6.08 Å². The van der Waals surface area contributed by atoms with Crippen LogP contribution in [0.25, 0.3) is 0 Å². The second-order valence-corrected chi connectivity index (χ2v) is 1.20. The molecular formula is C6H9. The van der Waals surface area contributed by atoms with Crippen molar-refractivity contribution in [2.45, 2.75) is 13.8 Å². The fourth-order valence-electron chi connectivity index (χ4n) is 0.0962. The van der Waals surface area contributed by atoms with Gasteiger partial charge in [0.2, 0.25) is 0 Å². The van der Waals surface area contributed by atoms with Gasteiger partial charge in [0.15, 0.2) is 0 Å². The Balaban J connectivity index is 3.50. The van der Waals surface area contributed by atoms with E-state index in [1.807, 2.05) is 19.9 Å². The van der Waals surface area contributed by atoms with Crippen LogP contribution >= 0.6 is 0 Å². The van der Waals surface area contributed by atoms with Gasteiger partial charge in [0.1, 0.15) is 0 Å². The first-order valence-corrected chi connectivity index (χ1v) is 1.99. The van der Waals surface area contributed by atoms with Crippen LogP contribution in [0.15, 0.2) is 17.7 Å². The van der Waals surface area contributed by atoms with E-state index in [0.29, 0.717) is 0 Å². The van der Waals surface area contributed by atoms with E-state index in [9.17, 15) is 0 Å². The lowest BCUT2D eigenvalue weighted by Crippen LogP contribution is -1.57. The van der Waals surface area contributed by atoms with Gasteiger partial charge in [-0.25, -0.2) is 0 Å². The molecule has 0 aliphatic rings. The maximum Gasteiger partial charge on any atom is -0.0401 e. The lowest BCUT2D eigenvalue weighted by Gasteiger charge is -1.78. The summed E-state index contributed by atoms with van der Waals surface area (Å²) in [4.78, 5) is 0. The first-order valence-electron chi connectivity index (χ1n) is 1.99. The molecule has 0 N–H and O–H groups in total. The molecule has 0 nitrogen and oxygen atoms in total. The highest BCUT2D eigenvalue weighted by Crippen LogP contribution is 1.87. The summed E-state index contributed by atoms with van der Waals surface area (Å²) in [6, 6.07) is 0. The molecule has 0 heterocycles. The van der Waals surface area contributed by atoms with Crippen molar-refractivity contribution < 1.29 is 0 Å². The van der Waals surface area contributed by atoms with E-state index in [4.69, 9.17) is 6.58 Å². The highest BCUT2D eigenvalue weighted by Gasteiger charge is 1.66. The highest BCUT2D eigenvalue weighted by molar-refractivity contribution is 5.09. The van der Waals surface area contributed by atoms with Crippen molar-refractivity contribution in [2.75, 3.05) is 0 Å². The molecular weight excluding hydrogens is 72.1 g/mol. The third-order valence-corrected chi connectivity index (χ3v) is 0.718. The summed E-state index contributed by atoms with van der Waals surface area (Å²) in [6.45, 7) is 9.00. The molecule has 1 radical (unpaired) electrons. The zero-order valence-electron chi connectivity index (χ0n) is 4.23. The Morgan fingerprint density at radius 1 is 1.67 bits per heavy atom. The number of hydrogen-bond acceptors (Lipinski definition) is 0. The molecule has 0 bridgehead atoms. The summed E-state index contributed by atoms with van der Waals surface area (Å²) in [5.41, 5.74) is 1.12. The highest BCUT2D eigenvalue weighted by atomic mass is 13.7. The second kappa shape index (κ2) is 2.70. The minimum Gasteiger partial charge on any atom is -0.0847 e. The Bertz CT molecular complexity index is 68.1. The van der Waals surface area contributed by atoms with E-state index in [0.717, 1.165) is 5.57 Å². The van der Waals surface area contributed by atoms with Crippen molar-refractivity contribution in [2.24, 2.45) is 0 Å². The second-order valence-electron chi connectivity index (χ2n) is 1.20. The molecule has 0 fully saturated rings. The molecule has 0 rings (SSSR count). The van der Waals surface area contributed by atoms with Gasteiger partial charge in [0.25, 0.3) is 0 Å². The lowest BCUT2D eigenvalue weighted by atomic mass is 10.3. The summed E-state index contributed by atoms with van der Waals surface area (Å²) >= 11 is 0. The molecule has 6 heavy (non-hydrogen) atoms. The van der Waals surface area contributed by atoms with Crippen LogP contribution in [0.4, 0.5) is 0 Å². The number of hydrogen-bond donors (Lipinski definition) is 0. The zero-order chi connectivity index (χ0) is 4.99. The molecule has 0 saturated carbocycles. The molecule has 0 saturated heterocycles. The molecule has 0 spiro atoms. The summed E-state index contributed by atoms with van der Waals surface area (Å²) in [5.74, 6) is 0. The van der Waals surface area contributed by atoms with Gasteiger partial charge in [-0.2, -0.15) is 0 Å². The molecule has 0 unspecified atom stereocenters. The number of rotatable bonds is 1. The average molecular weight is 81.1 g/mol. The molecule has 0 amide bonds. The van der Waals surface area contributed by atoms with Gasteiger partial charge in [-0.05, 0) is 13.8 Å². The summed E-state index contributed by atoms with van der Waals surface area (Å²) in [6.07, 6.45) is 3.54. The Kier molecular flexibility index (Phi) is 2.47. The van der Waals surface area contributed by atoms with E-state index in [2.05, 4.69) is 0 Å². The minimum absolute atomic E-state index is 1.12. The Morgan fingerprint density at radius 2 is 2.17 bits per heavy atom. The van der Waals surface area contributed by atoms with Gasteiger partial charge >= 0.3 is 0 Å². The molecule has 0 heteroatoms. The third-order valence-electron chi connectivity index (χ3n) is 0.718. The van der Waals surface area contributed by atoms with Gasteiger partial charge in [-0.1, -0.05) is 24.3 Å². The maximum absolute atomic E-state index is 5.09. The van der Waals surface area contributed by atoms with Gasteiger partial charge in [-0.15, -0.1) is 0 Å². The predicted molar refractivity (Wildman–Crippen MR) is 28.3 cm³/mol. The van der Waals surface area contributed by atoms with Crippen LogP contribution in [0.2, 0.25) is 0 Å². The SMILES string of the molecule is [CH]=C/C(C)=C/C. The van der Waals surface area contributed by atoms with E-state index in [1.165, 1.54) is 0 Å². The van der Waals surface area contributed by atoms with E-state index in [-0.39, 0.29) is 0 Å². The maximum atomic E-state index is 5.09. The van der Waals surface area contributed by atoms with Crippen LogP contribution in [0.5, 0.6) is 0 Å². The van der Waals surface area contributed by atoms with Crippen molar-refractivity contribution in [1.82, 2.24) is 0 Å². The van der Waals surface area contributed by atoms with Gasteiger partial charge < -0.3 is 0 Å². The third kappa shape index (κ3) is 1.77. The van der Waals surface area contributed by atoms with Crippen LogP contribution in [-0.4, -0.2) is 0 Å². The van der Waals surface area contributed by atoms with Crippen LogP contribution in [0, 0.1) is 6.58 Å². The van der Waals surface area contributed by atoms with Crippen molar-refractivity contribution in [1.29, 1.82) is 0 Å². The first-order chi connectivity index (χ1) is 2.81.